The van der Waals surface area contributed by atoms with Crippen LogP contribution in [0.1, 0.15) is 16.7 Å². The maximum atomic E-state index is 12.6. The lowest BCUT2D eigenvalue weighted by atomic mass is 10.2. The van der Waals surface area contributed by atoms with Crippen LogP contribution in [0, 0.1) is 0 Å². The van der Waals surface area contributed by atoms with E-state index in [2.05, 4.69) is 15.4 Å². The zero-order chi connectivity index (χ0) is 18.3. The number of carbonyl (C=O) groups excluding carboxylic acids is 2. The second-order valence-electron chi connectivity index (χ2n) is 5.85. The lowest BCUT2D eigenvalue weighted by Crippen LogP contribution is -2.30. The normalized spacial score (nSPS) is 17.0. The number of halogens is 1. The Labute approximate surface area is 158 Å². The summed E-state index contributed by atoms with van der Waals surface area (Å²) in [5.74, 6) is -0.322. The molecule has 0 radical (unpaired) electrons. The van der Waals surface area contributed by atoms with Gasteiger partial charge in [0, 0.05) is 29.2 Å². The summed E-state index contributed by atoms with van der Waals surface area (Å²) in [7, 11) is 1.76. The Morgan fingerprint density at radius 2 is 2.00 bits per heavy atom. The Bertz CT molecular complexity index is 981. The first kappa shape index (κ1) is 16.7. The van der Waals surface area contributed by atoms with E-state index < -0.39 is 12.1 Å². The van der Waals surface area contributed by atoms with E-state index in [9.17, 15) is 9.59 Å². The number of nitrogens with zero attached hydrogens (tertiary/aromatic N) is 4. The predicted octanol–water partition coefficient (Wildman–Crippen LogP) is 2.99. The van der Waals surface area contributed by atoms with Gasteiger partial charge >= 0.3 is 6.03 Å². The van der Waals surface area contributed by atoms with Gasteiger partial charge in [0.05, 0.1) is 17.9 Å². The van der Waals surface area contributed by atoms with Crippen molar-refractivity contribution in [3.8, 4) is 11.3 Å². The van der Waals surface area contributed by atoms with Crippen molar-refractivity contribution in [2.75, 3.05) is 0 Å². The molecule has 26 heavy (non-hydrogen) atoms. The van der Waals surface area contributed by atoms with Crippen molar-refractivity contribution >= 4 is 34.9 Å². The van der Waals surface area contributed by atoms with E-state index in [1.807, 2.05) is 17.5 Å². The van der Waals surface area contributed by atoms with E-state index in [0.717, 1.165) is 11.3 Å². The number of thiazole rings is 1. The first-order valence-corrected chi connectivity index (χ1v) is 9.09. The van der Waals surface area contributed by atoms with Gasteiger partial charge in [0.1, 0.15) is 5.01 Å². The number of aryl methyl sites for hydroxylation is 1. The van der Waals surface area contributed by atoms with E-state index in [0.29, 0.717) is 15.7 Å². The Kier molecular flexibility index (Phi) is 4.21. The molecule has 1 aliphatic heterocycles. The van der Waals surface area contributed by atoms with Gasteiger partial charge in [0.2, 0.25) is 0 Å². The van der Waals surface area contributed by atoms with Crippen LogP contribution in [0.2, 0.25) is 5.02 Å². The minimum atomic E-state index is -0.751. The molecule has 1 unspecified atom stereocenters. The number of urea groups is 1. The average Bonchev–Trinajstić information content (AvgIpc) is 3.32. The lowest BCUT2D eigenvalue weighted by molar-refractivity contribution is -0.128. The predicted molar refractivity (Wildman–Crippen MR) is 97.6 cm³/mol. The highest BCUT2D eigenvalue weighted by Gasteiger charge is 2.40. The van der Waals surface area contributed by atoms with Gasteiger partial charge in [-0.3, -0.25) is 14.4 Å². The summed E-state index contributed by atoms with van der Waals surface area (Å²) >= 11 is 7.31. The number of carbonyl (C=O) groups is 2. The number of amides is 3. The van der Waals surface area contributed by atoms with Gasteiger partial charge in [-0.1, -0.05) is 23.7 Å². The number of rotatable bonds is 4. The van der Waals surface area contributed by atoms with Crippen LogP contribution < -0.4 is 5.32 Å². The van der Waals surface area contributed by atoms with Crippen LogP contribution in [0.4, 0.5) is 4.79 Å². The molecule has 3 amide bonds. The van der Waals surface area contributed by atoms with Crippen LogP contribution >= 0.6 is 22.9 Å². The minimum absolute atomic E-state index is 0.131. The molecular weight excluding hydrogens is 374 g/mol. The maximum Gasteiger partial charge on any atom is 0.325 e. The van der Waals surface area contributed by atoms with Crippen molar-refractivity contribution < 1.29 is 9.59 Å². The van der Waals surface area contributed by atoms with Crippen LogP contribution in [-0.2, 0) is 18.4 Å². The number of nitrogens with one attached hydrogen (secondary N) is 1. The molecule has 1 atom stereocenters. The van der Waals surface area contributed by atoms with Crippen LogP contribution in [0.3, 0.4) is 0 Å². The minimum Gasteiger partial charge on any atom is -0.320 e. The van der Waals surface area contributed by atoms with Crippen molar-refractivity contribution in [2.45, 2.75) is 12.6 Å². The fraction of sp³-hybridized carbons (Fsp3) is 0.176. The van der Waals surface area contributed by atoms with Crippen LogP contribution in [0.5, 0.6) is 0 Å². The van der Waals surface area contributed by atoms with Crippen molar-refractivity contribution in [3.05, 3.63) is 57.6 Å². The number of imide groups is 1. The molecule has 0 bridgehead atoms. The van der Waals surface area contributed by atoms with Gasteiger partial charge in [-0.25, -0.2) is 9.78 Å². The number of hydrogen-bond acceptors (Lipinski definition) is 5. The molecule has 3 heterocycles. The molecular formula is C17H14ClN5O2S. The SMILES string of the molecule is Cn1ccc(C2NC(=O)N(Cc3nc(-c4ccc(Cl)cc4)cs3)C2=O)n1. The van der Waals surface area contributed by atoms with Crippen molar-refractivity contribution in [3.63, 3.8) is 0 Å². The quantitative estimate of drug-likeness (QED) is 0.698. The molecule has 3 aromatic rings. The van der Waals surface area contributed by atoms with Gasteiger partial charge < -0.3 is 5.32 Å². The summed E-state index contributed by atoms with van der Waals surface area (Å²) in [6.07, 6.45) is 1.73. The van der Waals surface area contributed by atoms with Crippen molar-refractivity contribution in [1.82, 2.24) is 25.0 Å². The standard InChI is InChI=1S/C17H14ClN5O2S/c1-22-7-6-12(21-22)15-16(24)23(17(25)20-15)8-14-19-13(9-26-14)10-2-4-11(18)5-3-10/h2-7,9,15H,8H2,1H3,(H,20,25). The summed E-state index contributed by atoms with van der Waals surface area (Å²) in [5, 5.41) is 10.1. The Morgan fingerprint density at radius 1 is 1.23 bits per heavy atom. The zero-order valence-corrected chi connectivity index (χ0v) is 15.3. The fourth-order valence-electron chi connectivity index (χ4n) is 2.73. The maximum absolute atomic E-state index is 12.6. The topological polar surface area (TPSA) is 80.1 Å². The lowest BCUT2D eigenvalue weighted by Gasteiger charge is -2.10. The molecule has 4 rings (SSSR count). The molecule has 0 aliphatic carbocycles. The third-order valence-electron chi connectivity index (χ3n) is 4.04. The molecule has 0 saturated carbocycles. The Balaban J connectivity index is 1.51. The van der Waals surface area contributed by atoms with E-state index in [-0.39, 0.29) is 12.5 Å². The third kappa shape index (κ3) is 3.09. The van der Waals surface area contributed by atoms with Gasteiger partial charge in [-0.15, -0.1) is 11.3 Å². The molecule has 1 N–H and O–H groups in total. The smallest absolute Gasteiger partial charge is 0.320 e. The van der Waals surface area contributed by atoms with E-state index in [4.69, 9.17) is 11.6 Å². The van der Waals surface area contributed by atoms with Crippen LogP contribution in [0.15, 0.2) is 41.9 Å². The molecule has 0 spiro atoms. The van der Waals surface area contributed by atoms with Gasteiger partial charge in [-0.2, -0.15) is 5.10 Å². The zero-order valence-electron chi connectivity index (χ0n) is 13.7. The van der Waals surface area contributed by atoms with Crippen molar-refractivity contribution in [2.24, 2.45) is 7.05 Å². The Hall–Kier alpha value is -2.71. The molecule has 1 fully saturated rings. The number of hydrogen-bond donors (Lipinski definition) is 1. The Morgan fingerprint density at radius 3 is 2.69 bits per heavy atom. The largest absolute Gasteiger partial charge is 0.325 e. The summed E-state index contributed by atoms with van der Waals surface area (Å²) < 4.78 is 1.59. The summed E-state index contributed by atoms with van der Waals surface area (Å²) in [6.45, 7) is 0.131. The first-order valence-electron chi connectivity index (χ1n) is 7.83. The molecule has 1 saturated heterocycles. The molecule has 132 valence electrons. The third-order valence-corrected chi connectivity index (χ3v) is 5.13. The van der Waals surface area contributed by atoms with E-state index in [1.165, 1.54) is 16.2 Å². The average molecular weight is 388 g/mol. The van der Waals surface area contributed by atoms with Gasteiger partial charge in [0.15, 0.2) is 6.04 Å². The molecule has 7 nitrogen and oxygen atoms in total. The summed E-state index contributed by atoms with van der Waals surface area (Å²) in [5.41, 5.74) is 2.24. The first-order chi connectivity index (χ1) is 12.5. The molecule has 1 aromatic carbocycles. The van der Waals surface area contributed by atoms with Crippen molar-refractivity contribution in [1.29, 1.82) is 0 Å². The van der Waals surface area contributed by atoms with E-state index >= 15 is 0 Å². The van der Waals surface area contributed by atoms with Crippen LogP contribution in [0.25, 0.3) is 11.3 Å². The van der Waals surface area contributed by atoms with E-state index in [1.54, 1.807) is 36.1 Å². The molecule has 2 aromatic heterocycles. The summed E-state index contributed by atoms with van der Waals surface area (Å²) in [4.78, 5) is 30.5. The highest BCUT2D eigenvalue weighted by atomic mass is 35.5. The highest BCUT2D eigenvalue weighted by Crippen LogP contribution is 2.26. The van der Waals surface area contributed by atoms with Gasteiger partial charge in [0.25, 0.3) is 5.91 Å². The van der Waals surface area contributed by atoms with Crippen LogP contribution in [-0.4, -0.2) is 31.6 Å². The number of aromatic nitrogens is 3. The second kappa shape index (κ2) is 6.54. The summed E-state index contributed by atoms with van der Waals surface area (Å²) in [6, 6.07) is 7.88. The molecule has 9 heteroatoms. The second-order valence-corrected chi connectivity index (χ2v) is 7.23. The number of benzene rings is 1. The molecule has 1 aliphatic rings. The fourth-order valence-corrected chi connectivity index (χ4v) is 3.65. The highest BCUT2D eigenvalue weighted by molar-refractivity contribution is 7.09. The van der Waals surface area contributed by atoms with Gasteiger partial charge in [-0.05, 0) is 18.2 Å². The monoisotopic (exact) mass is 387 g/mol.